The van der Waals surface area contributed by atoms with Crippen LogP contribution in [0.1, 0.15) is 92.9 Å². The van der Waals surface area contributed by atoms with Crippen LogP contribution in [0.25, 0.3) is 43.1 Å². The summed E-state index contributed by atoms with van der Waals surface area (Å²) < 4.78 is 12.6. The molecule has 0 bridgehead atoms. The molecular weight excluding hydrogens is 739 g/mol. The van der Waals surface area contributed by atoms with Crippen LogP contribution in [0.3, 0.4) is 0 Å². The highest BCUT2D eigenvalue weighted by atomic mass is 16.5. The molecule has 2 aliphatic heterocycles. The Bertz CT molecular complexity index is 2810. The van der Waals surface area contributed by atoms with Crippen LogP contribution in [-0.4, -0.2) is 72.4 Å². The number of hydrazone groups is 1. The molecule has 0 saturated heterocycles. The summed E-state index contributed by atoms with van der Waals surface area (Å²) in [4.78, 5) is 72.2. The van der Waals surface area contributed by atoms with E-state index >= 15 is 0 Å². The number of nitrogens with one attached hydrogen (secondary N) is 3. The molecule has 0 radical (unpaired) electrons. The zero-order valence-electron chi connectivity index (χ0n) is 31.9. The Morgan fingerprint density at radius 3 is 1.84 bits per heavy atom. The van der Waals surface area contributed by atoms with Gasteiger partial charge in [-0.05, 0) is 79.4 Å². The lowest BCUT2D eigenvalue weighted by molar-refractivity contribution is -0.120. The minimum absolute atomic E-state index is 0.162. The Hall–Kier alpha value is -7.09. The first-order valence-corrected chi connectivity index (χ1v) is 19.4. The first kappa shape index (κ1) is 36.5. The van der Waals surface area contributed by atoms with Crippen LogP contribution < -0.4 is 30.8 Å². The first-order chi connectivity index (χ1) is 28.1. The molecule has 1 saturated carbocycles. The monoisotopic (exact) mass is 777 g/mol. The molecule has 0 spiro atoms. The molecule has 14 nitrogen and oxygen atoms in total. The van der Waals surface area contributed by atoms with Crippen molar-refractivity contribution in [3.63, 3.8) is 0 Å². The van der Waals surface area contributed by atoms with Gasteiger partial charge in [0.1, 0.15) is 11.5 Å². The van der Waals surface area contributed by atoms with Crippen LogP contribution in [-0.2, 0) is 4.79 Å². The van der Waals surface area contributed by atoms with E-state index in [1.165, 1.54) is 11.1 Å². The fourth-order valence-electron chi connectivity index (χ4n) is 8.96. The van der Waals surface area contributed by atoms with E-state index in [2.05, 4.69) is 15.8 Å². The highest BCUT2D eigenvalue weighted by Gasteiger charge is 2.41. The van der Waals surface area contributed by atoms with Gasteiger partial charge in [0.25, 0.3) is 29.5 Å². The normalized spacial score (nSPS) is 15.8. The molecule has 0 aromatic heterocycles. The maximum Gasteiger partial charge on any atom is 0.266 e. The van der Waals surface area contributed by atoms with Gasteiger partial charge in [-0.15, -0.1) is 0 Å². The molecule has 5 N–H and O–H groups in total. The van der Waals surface area contributed by atoms with E-state index < -0.39 is 17.7 Å². The number of carbonyl (C=O) groups excluding carboxylic acids is 5. The molecule has 0 unspecified atom stereocenters. The zero-order valence-corrected chi connectivity index (χ0v) is 31.9. The SMILES string of the molecule is CCOc1cc2c3c(ccc4c5c(OCC)cc6c7c(ccc(c1c34)c75)C(=O)N(C1CCCCC1)C6=O)C(=O)N(c1ccc(/C=N/NC(=O)CNC(=N)N)cc1)C2=O. The number of fused-ring (bicyclic) bond motifs is 2. The molecule has 1 aliphatic carbocycles. The zero-order chi connectivity index (χ0) is 40.4. The number of imide groups is 2. The van der Waals surface area contributed by atoms with Crippen LogP contribution in [0.2, 0.25) is 0 Å². The molecule has 3 aliphatic rings. The van der Waals surface area contributed by atoms with Gasteiger partial charge in [0.05, 0.1) is 42.8 Å². The fourth-order valence-corrected chi connectivity index (χ4v) is 8.96. The summed E-state index contributed by atoms with van der Waals surface area (Å²) in [7, 11) is 0. The van der Waals surface area contributed by atoms with Crippen LogP contribution >= 0.6 is 0 Å². The third kappa shape index (κ3) is 5.57. The summed E-state index contributed by atoms with van der Waals surface area (Å²) in [5.74, 6) is -1.59. The topological polar surface area (TPSA) is 197 Å². The molecule has 58 heavy (non-hydrogen) atoms. The van der Waals surface area contributed by atoms with Crippen molar-refractivity contribution in [1.29, 1.82) is 5.41 Å². The van der Waals surface area contributed by atoms with E-state index in [1.807, 2.05) is 26.0 Å². The van der Waals surface area contributed by atoms with Gasteiger partial charge in [-0.1, -0.05) is 43.5 Å². The summed E-state index contributed by atoms with van der Waals surface area (Å²) in [6.07, 6.45) is 5.98. The van der Waals surface area contributed by atoms with E-state index in [1.54, 1.807) is 48.5 Å². The van der Waals surface area contributed by atoms with Gasteiger partial charge in [0, 0.05) is 49.5 Å². The number of ether oxygens (including phenoxy) is 2. The minimum atomic E-state index is -0.533. The van der Waals surface area contributed by atoms with Gasteiger partial charge >= 0.3 is 0 Å². The number of hydrogen-bond acceptors (Lipinski definition) is 9. The third-order valence-electron chi connectivity index (χ3n) is 11.3. The quantitative estimate of drug-likeness (QED) is 0.0313. The Morgan fingerprint density at radius 1 is 0.741 bits per heavy atom. The van der Waals surface area contributed by atoms with Gasteiger partial charge in [0.2, 0.25) is 0 Å². The summed E-state index contributed by atoms with van der Waals surface area (Å²) in [6, 6.07) is 17.1. The Balaban J connectivity index is 1.19. The van der Waals surface area contributed by atoms with Crippen LogP contribution in [0, 0.1) is 5.41 Å². The van der Waals surface area contributed by atoms with Crippen molar-refractivity contribution in [2.75, 3.05) is 24.7 Å². The third-order valence-corrected chi connectivity index (χ3v) is 11.3. The van der Waals surface area contributed by atoms with Crippen molar-refractivity contribution in [3.8, 4) is 11.5 Å². The van der Waals surface area contributed by atoms with E-state index in [-0.39, 0.29) is 42.5 Å². The smallest absolute Gasteiger partial charge is 0.266 e. The Morgan fingerprint density at radius 2 is 1.28 bits per heavy atom. The summed E-state index contributed by atoms with van der Waals surface area (Å²) in [6.45, 7) is 4.11. The van der Waals surface area contributed by atoms with E-state index in [0.29, 0.717) is 89.1 Å². The number of carbonyl (C=O) groups is 5. The maximum atomic E-state index is 14.6. The van der Waals surface area contributed by atoms with Crippen molar-refractivity contribution in [1.82, 2.24) is 15.6 Å². The van der Waals surface area contributed by atoms with Crippen LogP contribution in [0.15, 0.2) is 65.8 Å². The lowest BCUT2D eigenvalue weighted by Gasteiger charge is -2.36. The van der Waals surface area contributed by atoms with Crippen LogP contribution in [0.4, 0.5) is 5.69 Å². The fraction of sp³-hybridized carbons (Fsp3) is 0.250. The van der Waals surface area contributed by atoms with Crippen molar-refractivity contribution in [3.05, 3.63) is 88.5 Å². The van der Waals surface area contributed by atoms with Gasteiger partial charge in [-0.3, -0.25) is 34.3 Å². The molecule has 14 heteroatoms. The van der Waals surface area contributed by atoms with E-state index in [0.717, 1.165) is 37.0 Å². The molecule has 1 fully saturated rings. The van der Waals surface area contributed by atoms with Gasteiger partial charge in [-0.2, -0.15) is 5.10 Å². The van der Waals surface area contributed by atoms with Gasteiger partial charge in [0.15, 0.2) is 5.96 Å². The molecule has 9 rings (SSSR count). The predicted molar refractivity (Wildman–Crippen MR) is 221 cm³/mol. The summed E-state index contributed by atoms with van der Waals surface area (Å²) in [5.41, 5.74) is 9.95. The second-order valence-electron chi connectivity index (χ2n) is 14.7. The van der Waals surface area contributed by atoms with Crippen molar-refractivity contribution in [2.45, 2.75) is 52.0 Å². The van der Waals surface area contributed by atoms with Crippen LogP contribution in [0.5, 0.6) is 11.5 Å². The van der Waals surface area contributed by atoms with E-state index in [9.17, 15) is 24.0 Å². The molecule has 2 heterocycles. The number of guanidine groups is 1. The van der Waals surface area contributed by atoms with Crippen molar-refractivity contribution >= 4 is 90.5 Å². The molecule has 6 aromatic rings. The lowest BCUT2D eigenvalue weighted by Crippen LogP contribution is -2.47. The van der Waals surface area contributed by atoms with Crippen molar-refractivity contribution < 1.29 is 33.4 Å². The Labute approximate surface area is 331 Å². The highest BCUT2D eigenvalue weighted by Crippen LogP contribution is 2.52. The number of anilines is 1. The number of benzene rings is 6. The largest absolute Gasteiger partial charge is 0.493 e. The van der Waals surface area contributed by atoms with E-state index in [4.69, 9.17) is 20.6 Å². The number of nitrogens with zero attached hydrogens (tertiary/aromatic N) is 3. The number of nitrogens with two attached hydrogens (primary N) is 1. The molecular formula is C44H39N7O7. The van der Waals surface area contributed by atoms with Gasteiger partial charge < -0.3 is 20.5 Å². The van der Waals surface area contributed by atoms with Crippen molar-refractivity contribution in [2.24, 2.45) is 10.8 Å². The standard InChI is InChI=1S/C44H39N7O7/c1-3-57-31-18-29-34-27(40(53)50(42(29)55)23-8-6-5-7-9-23)16-14-25-37-32(58-4-2)19-30-35-28(17-15-26(39(35)37)36(31)38(25)34)41(54)51(43(30)56)24-12-10-22(11-13-24)20-48-49-33(52)21-47-44(45)46/h10-20,23H,3-9,21H2,1-2H3,(H,49,52)(H4,45,46,47)/b48-20+. The average molecular weight is 778 g/mol. The molecule has 6 aromatic carbocycles. The number of amides is 5. The van der Waals surface area contributed by atoms with Gasteiger partial charge in [-0.25, -0.2) is 10.3 Å². The molecule has 5 amide bonds. The molecule has 0 atom stereocenters. The molecule has 292 valence electrons. The first-order valence-electron chi connectivity index (χ1n) is 19.4. The number of hydrogen-bond donors (Lipinski definition) is 4. The number of rotatable bonds is 10. The lowest BCUT2D eigenvalue weighted by atomic mass is 9.81. The second kappa shape index (κ2) is 14.1. The average Bonchev–Trinajstić information content (AvgIpc) is 3.22. The Kier molecular flexibility index (Phi) is 8.90. The summed E-state index contributed by atoms with van der Waals surface area (Å²) >= 11 is 0. The maximum absolute atomic E-state index is 14.6. The minimum Gasteiger partial charge on any atom is -0.493 e. The predicted octanol–water partition coefficient (Wildman–Crippen LogP) is 6.20. The summed E-state index contributed by atoms with van der Waals surface area (Å²) in [5, 5.41) is 18.7. The second-order valence-corrected chi connectivity index (χ2v) is 14.7. The highest BCUT2D eigenvalue weighted by molar-refractivity contribution is 6.45.